The fraction of sp³-hybridized carbons (Fsp3) is 0.632. The van der Waals surface area contributed by atoms with Gasteiger partial charge in [-0.25, -0.2) is 0 Å². The highest BCUT2D eigenvalue weighted by molar-refractivity contribution is 5.90. The quantitative estimate of drug-likeness (QED) is 0.862. The Kier molecular flexibility index (Phi) is 3.39. The van der Waals surface area contributed by atoms with Crippen LogP contribution in [0.2, 0.25) is 0 Å². The van der Waals surface area contributed by atoms with Gasteiger partial charge in [0.05, 0.1) is 0 Å². The maximum absolute atomic E-state index is 12.9. The van der Waals surface area contributed by atoms with Crippen LogP contribution in [0.25, 0.3) is 0 Å². The topological polar surface area (TPSA) is 46.5 Å². The van der Waals surface area contributed by atoms with Crippen LogP contribution in [0.1, 0.15) is 62.8 Å². The van der Waals surface area contributed by atoms with Crippen LogP contribution >= 0.6 is 0 Å². The smallest absolute Gasteiger partial charge is 0.170 e. The molecular formula is C19H24O3. The normalized spacial score (nSPS) is 41.6. The van der Waals surface area contributed by atoms with Crippen molar-refractivity contribution in [2.24, 2.45) is 5.92 Å². The number of benzene rings is 1. The predicted octanol–water partition coefficient (Wildman–Crippen LogP) is 3.56. The Hall–Kier alpha value is -1.19. The Labute approximate surface area is 131 Å². The highest BCUT2D eigenvalue weighted by Crippen LogP contribution is 2.59. The fourth-order valence-electron chi connectivity index (χ4n) is 5.03. The lowest BCUT2D eigenvalue weighted by molar-refractivity contribution is -0.248. The number of fused-ring (bicyclic) bond motifs is 1. The lowest BCUT2D eigenvalue weighted by Gasteiger charge is -2.37. The standard InChI is InChI=1S/C19H24O3/c20-16-11-5-6-12-18(16)17(14-8-2-1-3-9-14)15-10-4-7-13-19(15,21)22-18/h1-3,8-9,15,17,21H,4-7,10-13H2. The SMILES string of the molecule is O=C1CCCCC12OC1(O)CCCCC1C2c1ccccc1. The molecule has 4 unspecified atom stereocenters. The van der Waals surface area contributed by atoms with Gasteiger partial charge in [0.15, 0.2) is 11.6 Å². The molecule has 22 heavy (non-hydrogen) atoms. The first-order valence-corrected chi connectivity index (χ1v) is 8.66. The molecule has 3 fully saturated rings. The van der Waals surface area contributed by atoms with Gasteiger partial charge in [0.1, 0.15) is 5.60 Å². The van der Waals surface area contributed by atoms with Crippen LogP contribution in [-0.4, -0.2) is 22.3 Å². The Bertz CT molecular complexity index is 569. The molecule has 2 aliphatic carbocycles. The molecule has 4 atom stereocenters. The minimum Gasteiger partial charge on any atom is -0.365 e. The van der Waals surface area contributed by atoms with Crippen LogP contribution in [0.4, 0.5) is 0 Å². The van der Waals surface area contributed by atoms with Crippen LogP contribution < -0.4 is 0 Å². The number of carbonyl (C=O) groups excluding carboxylic acids is 1. The maximum atomic E-state index is 12.9. The van der Waals surface area contributed by atoms with E-state index in [1.165, 1.54) is 0 Å². The lowest BCUT2D eigenvalue weighted by Crippen LogP contribution is -2.47. The number of hydrogen-bond acceptors (Lipinski definition) is 3. The molecule has 3 aliphatic rings. The van der Waals surface area contributed by atoms with Gasteiger partial charge in [0.25, 0.3) is 0 Å². The molecule has 1 aromatic rings. The van der Waals surface area contributed by atoms with E-state index < -0.39 is 11.4 Å². The predicted molar refractivity (Wildman–Crippen MR) is 83.4 cm³/mol. The van der Waals surface area contributed by atoms with Crippen molar-refractivity contribution in [2.75, 3.05) is 0 Å². The summed E-state index contributed by atoms with van der Waals surface area (Å²) in [6.45, 7) is 0. The van der Waals surface area contributed by atoms with Gasteiger partial charge in [-0.2, -0.15) is 0 Å². The zero-order valence-corrected chi connectivity index (χ0v) is 13.0. The van der Waals surface area contributed by atoms with Crippen molar-refractivity contribution in [3.63, 3.8) is 0 Å². The zero-order valence-electron chi connectivity index (χ0n) is 13.0. The number of aliphatic hydroxyl groups is 1. The number of ether oxygens (including phenoxy) is 1. The summed E-state index contributed by atoms with van der Waals surface area (Å²) in [4.78, 5) is 12.9. The monoisotopic (exact) mass is 300 g/mol. The van der Waals surface area contributed by atoms with Crippen molar-refractivity contribution in [2.45, 2.75) is 68.7 Å². The van der Waals surface area contributed by atoms with Crippen LogP contribution in [-0.2, 0) is 9.53 Å². The molecule has 3 nitrogen and oxygen atoms in total. The summed E-state index contributed by atoms with van der Waals surface area (Å²) in [5, 5.41) is 11.1. The van der Waals surface area contributed by atoms with E-state index in [0.717, 1.165) is 44.1 Å². The second kappa shape index (κ2) is 5.17. The summed E-state index contributed by atoms with van der Waals surface area (Å²) in [5.74, 6) is -0.848. The number of rotatable bonds is 1. The number of hydrogen-bond donors (Lipinski definition) is 1. The Balaban J connectivity index is 1.83. The van der Waals surface area contributed by atoms with E-state index in [1.807, 2.05) is 18.2 Å². The molecule has 1 N–H and O–H groups in total. The van der Waals surface area contributed by atoms with E-state index in [4.69, 9.17) is 4.74 Å². The van der Waals surface area contributed by atoms with Crippen molar-refractivity contribution < 1.29 is 14.6 Å². The van der Waals surface area contributed by atoms with Gasteiger partial charge >= 0.3 is 0 Å². The van der Waals surface area contributed by atoms with Gasteiger partial charge in [-0.05, 0) is 37.7 Å². The molecule has 2 saturated carbocycles. The van der Waals surface area contributed by atoms with E-state index in [2.05, 4.69) is 12.1 Å². The van der Waals surface area contributed by atoms with E-state index in [0.29, 0.717) is 12.8 Å². The van der Waals surface area contributed by atoms with Crippen molar-refractivity contribution >= 4 is 5.78 Å². The van der Waals surface area contributed by atoms with Gasteiger partial charge < -0.3 is 9.84 Å². The molecule has 0 aromatic heterocycles. The highest BCUT2D eigenvalue weighted by Gasteiger charge is 2.65. The maximum Gasteiger partial charge on any atom is 0.170 e. The second-order valence-electron chi connectivity index (χ2n) is 7.21. The number of Topliss-reactive ketones (excluding diaryl/α,β-unsaturated/α-hetero) is 1. The van der Waals surface area contributed by atoms with Crippen molar-refractivity contribution in [1.29, 1.82) is 0 Å². The van der Waals surface area contributed by atoms with Gasteiger partial charge in [-0.1, -0.05) is 36.8 Å². The Morgan fingerprint density at radius 1 is 1.05 bits per heavy atom. The Morgan fingerprint density at radius 3 is 2.59 bits per heavy atom. The molecule has 0 amide bonds. The molecule has 0 bridgehead atoms. The first kappa shape index (κ1) is 14.4. The van der Waals surface area contributed by atoms with E-state index in [-0.39, 0.29) is 17.6 Å². The number of ketones is 1. The molecule has 1 heterocycles. The lowest BCUT2D eigenvalue weighted by atomic mass is 9.65. The summed E-state index contributed by atoms with van der Waals surface area (Å²) in [7, 11) is 0. The van der Waals surface area contributed by atoms with Crippen LogP contribution in [0.5, 0.6) is 0 Å². The van der Waals surface area contributed by atoms with E-state index in [9.17, 15) is 9.90 Å². The minimum absolute atomic E-state index is 0.00630. The molecule has 118 valence electrons. The van der Waals surface area contributed by atoms with Crippen LogP contribution in [0, 0.1) is 5.92 Å². The molecule has 0 radical (unpaired) electrons. The molecular weight excluding hydrogens is 276 g/mol. The Morgan fingerprint density at radius 2 is 1.82 bits per heavy atom. The number of carbonyl (C=O) groups is 1. The zero-order chi connectivity index (χ0) is 15.2. The third-order valence-corrected chi connectivity index (χ3v) is 5.98. The third-order valence-electron chi connectivity index (χ3n) is 5.98. The molecule has 1 spiro atoms. The van der Waals surface area contributed by atoms with E-state index >= 15 is 0 Å². The summed E-state index contributed by atoms with van der Waals surface area (Å²) < 4.78 is 6.27. The molecule has 1 aliphatic heterocycles. The minimum atomic E-state index is -1.11. The van der Waals surface area contributed by atoms with Crippen molar-refractivity contribution in [3.05, 3.63) is 35.9 Å². The van der Waals surface area contributed by atoms with Gasteiger partial charge in [0, 0.05) is 24.7 Å². The largest absolute Gasteiger partial charge is 0.365 e. The molecule has 4 rings (SSSR count). The third kappa shape index (κ3) is 1.99. The van der Waals surface area contributed by atoms with Crippen LogP contribution in [0.15, 0.2) is 30.3 Å². The van der Waals surface area contributed by atoms with Crippen molar-refractivity contribution in [1.82, 2.24) is 0 Å². The molecule has 1 saturated heterocycles. The highest BCUT2D eigenvalue weighted by atomic mass is 16.7. The van der Waals surface area contributed by atoms with Gasteiger partial charge in [-0.3, -0.25) is 4.79 Å². The summed E-state index contributed by atoms with van der Waals surface area (Å²) in [6, 6.07) is 10.2. The summed E-state index contributed by atoms with van der Waals surface area (Å²) in [5.41, 5.74) is 0.365. The molecule has 3 heteroatoms. The summed E-state index contributed by atoms with van der Waals surface area (Å²) >= 11 is 0. The average molecular weight is 300 g/mol. The fourth-order valence-corrected chi connectivity index (χ4v) is 5.03. The second-order valence-corrected chi connectivity index (χ2v) is 7.21. The van der Waals surface area contributed by atoms with Gasteiger partial charge in [-0.15, -0.1) is 0 Å². The first-order chi connectivity index (χ1) is 10.7. The van der Waals surface area contributed by atoms with Crippen molar-refractivity contribution in [3.8, 4) is 0 Å². The molecule has 1 aromatic carbocycles. The van der Waals surface area contributed by atoms with Gasteiger partial charge in [0.2, 0.25) is 0 Å². The summed E-state index contributed by atoms with van der Waals surface area (Å²) in [6.07, 6.45) is 7.02. The van der Waals surface area contributed by atoms with Crippen LogP contribution in [0.3, 0.4) is 0 Å². The first-order valence-electron chi connectivity index (χ1n) is 8.66. The van der Waals surface area contributed by atoms with E-state index in [1.54, 1.807) is 0 Å². The average Bonchev–Trinajstić information content (AvgIpc) is 2.80.